The largest absolute Gasteiger partial charge is 0.389 e. The van der Waals surface area contributed by atoms with E-state index in [0.29, 0.717) is 17.8 Å². The molecular formula is C17H30O. The highest BCUT2D eigenvalue weighted by atomic mass is 16.3. The molecule has 1 fully saturated rings. The van der Waals surface area contributed by atoms with Gasteiger partial charge in [0.2, 0.25) is 0 Å². The fourth-order valence-electron chi connectivity index (χ4n) is 3.96. The summed E-state index contributed by atoms with van der Waals surface area (Å²) in [6.45, 7) is 16.8. The minimum absolute atomic E-state index is 0.217. The van der Waals surface area contributed by atoms with Gasteiger partial charge in [-0.3, -0.25) is 0 Å². The van der Waals surface area contributed by atoms with Crippen molar-refractivity contribution in [1.82, 2.24) is 0 Å². The molecule has 0 aromatic heterocycles. The van der Waals surface area contributed by atoms with E-state index < -0.39 is 0 Å². The highest BCUT2D eigenvalue weighted by Gasteiger charge is 2.48. The van der Waals surface area contributed by atoms with Gasteiger partial charge in [0.1, 0.15) is 0 Å². The molecule has 1 heteroatoms. The van der Waals surface area contributed by atoms with Gasteiger partial charge in [-0.25, -0.2) is 0 Å². The highest BCUT2D eigenvalue weighted by molar-refractivity contribution is 5.06. The van der Waals surface area contributed by atoms with Crippen LogP contribution in [0.2, 0.25) is 0 Å². The van der Waals surface area contributed by atoms with Crippen LogP contribution in [0.1, 0.15) is 53.4 Å². The van der Waals surface area contributed by atoms with Crippen LogP contribution in [0.5, 0.6) is 0 Å². The van der Waals surface area contributed by atoms with Crippen LogP contribution in [-0.4, -0.2) is 11.2 Å². The minimum Gasteiger partial charge on any atom is -0.389 e. The van der Waals surface area contributed by atoms with Crippen molar-refractivity contribution in [3.8, 4) is 0 Å². The number of aliphatic hydroxyl groups excluding tert-OH is 1. The molecule has 0 heterocycles. The van der Waals surface area contributed by atoms with E-state index >= 15 is 0 Å². The molecule has 0 unspecified atom stereocenters. The molecule has 1 saturated carbocycles. The first-order valence-corrected chi connectivity index (χ1v) is 7.29. The first kappa shape index (κ1) is 15.5. The predicted molar refractivity (Wildman–Crippen MR) is 79.4 cm³/mol. The smallest absolute Gasteiger partial charge is 0.0750 e. The van der Waals surface area contributed by atoms with Gasteiger partial charge < -0.3 is 5.11 Å². The molecule has 0 spiro atoms. The topological polar surface area (TPSA) is 20.2 Å². The van der Waals surface area contributed by atoms with Gasteiger partial charge in [-0.2, -0.15) is 0 Å². The van der Waals surface area contributed by atoms with Crippen molar-refractivity contribution < 1.29 is 5.11 Å². The molecular weight excluding hydrogens is 220 g/mol. The minimum atomic E-state index is -0.369. The normalized spacial score (nSPS) is 33.7. The first-order valence-electron chi connectivity index (χ1n) is 7.29. The summed E-state index contributed by atoms with van der Waals surface area (Å²) >= 11 is 0. The van der Waals surface area contributed by atoms with E-state index in [1.807, 2.05) is 13.0 Å². The fraction of sp³-hybridized carbons (Fsp3) is 0.765. The average Bonchev–Trinajstić information content (AvgIpc) is 2.57. The van der Waals surface area contributed by atoms with Crippen molar-refractivity contribution in [3.63, 3.8) is 0 Å². The van der Waals surface area contributed by atoms with Crippen molar-refractivity contribution in [2.75, 3.05) is 0 Å². The maximum atomic E-state index is 10.3. The van der Waals surface area contributed by atoms with Crippen LogP contribution in [0, 0.1) is 23.2 Å². The van der Waals surface area contributed by atoms with Crippen LogP contribution in [-0.2, 0) is 0 Å². The molecule has 18 heavy (non-hydrogen) atoms. The summed E-state index contributed by atoms with van der Waals surface area (Å²) in [7, 11) is 0. The third kappa shape index (κ3) is 2.88. The molecule has 4 atom stereocenters. The quantitative estimate of drug-likeness (QED) is 0.684. The maximum absolute atomic E-state index is 10.3. The van der Waals surface area contributed by atoms with Crippen LogP contribution >= 0.6 is 0 Å². The summed E-state index contributed by atoms with van der Waals surface area (Å²) < 4.78 is 0. The van der Waals surface area contributed by atoms with Gasteiger partial charge in [-0.1, -0.05) is 39.0 Å². The van der Waals surface area contributed by atoms with Crippen molar-refractivity contribution in [1.29, 1.82) is 0 Å². The number of aliphatic hydroxyl groups is 1. The Morgan fingerprint density at radius 2 is 2.06 bits per heavy atom. The van der Waals surface area contributed by atoms with Crippen LogP contribution in [0.4, 0.5) is 0 Å². The summed E-state index contributed by atoms with van der Waals surface area (Å²) in [6.07, 6.45) is 6.10. The van der Waals surface area contributed by atoms with Crippen molar-refractivity contribution in [2.45, 2.75) is 59.5 Å². The SMILES string of the molecule is C=CC[C@@]1(C[C@H](O)C(=C)C)[C@H](C)CC[C@@H]1C(C)C. The third-order valence-electron chi connectivity index (χ3n) is 5.10. The Morgan fingerprint density at radius 3 is 2.50 bits per heavy atom. The van der Waals surface area contributed by atoms with Crippen molar-refractivity contribution >= 4 is 0 Å². The molecule has 1 aliphatic rings. The van der Waals surface area contributed by atoms with E-state index in [1.165, 1.54) is 12.8 Å². The second-order valence-electron chi connectivity index (χ2n) is 6.62. The van der Waals surface area contributed by atoms with Crippen LogP contribution in [0.15, 0.2) is 24.8 Å². The van der Waals surface area contributed by atoms with E-state index in [1.54, 1.807) is 0 Å². The Hall–Kier alpha value is -0.560. The molecule has 0 amide bonds. The monoisotopic (exact) mass is 250 g/mol. The molecule has 1 aliphatic carbocycles. The number of hydrogen-bond donors (Lipinski definition) is 1. The molecule has 1 nitrogen and oxygen atoms in total. The zero-order valence-electron chi connectivity index (χ0n) is 12.6. The van der Waals surface area contributed by atoms with E-state index in [-0.39, 0.29) is 11.5 Å². The first-order chi connectivity index (χ1) is 8.35. The Labute approximate surface area is 113 Å². The van der Waals surface area contributed by atoms with E-state index in [9.17, 15) is 5.11 Å². The van der Waals surface area contributed by atoms with Gasteiger partial charge in [-0.15, -0.1) is 6.58 Å². The Bertz CT molecular complexity index is 305. The average molecular weight is 250 g/mol. The lowest BCUT2D eigenvalue weighted by molar-refractivity contribution is 0.0432. The predicted octanol–water partition coefficient (Wildman–Crippen LogP) is 4.58. The van der Waals surface area contributed by atoms with Gasteiger partial charge in [0.15, 0.2) is 0 Å². The molecule has 0 radical (unpaired) electrons. The molecule has 0 aliphatic heterocycles. The van der Waals surface area contributed by atoms with Gasteiger partial charge >= 0.3 is 0 Å². The van der Waals surface area contributed by atoms with Crippen LogP contribution in [0.25, 0.3) is 0 Å². The Morgan fingerprint density at radius 1 is 1.44 bits per heavy atom. The molecule has 0 aromatic carbocycles. The van der Waals surface area contributed by atoms with Crippen LogP contribution < -0.4 is 0 Å². The summed E-state index contributed by atoms with van der Waals surface area (Å²) in [4.78, 5) is 0. The van der Waals surface area contributed by atoms with Crippen molar-refractivity contribution in [2.24, 2.45) is 23.2 Å². The molecule has 104 valence electrons. The number of allylic oxidation sites excluding steroid dienone is 1. The number of rotatable bonds is 6. The number of hydrogen-bond acceptors (Lipinski definition) is 1. The zero-order valence-corrected chi connectivity index (χ0v) is 12.6. The molecule has 0 saturated heterocycles. The van der Waals surface area contributed by atoms with Gasteiger partial charge in [0, 0.05) is 0 Å². The molecule has 1 rings (SSSR count). The third-order valence-corrected chi connectivity index (χ3v) is 5.10. The van der Waals surface area contributed by atoms with Crippen LogP contribution in [0.3, 0.4) is 0 Å². The Kier molecular flexibility index (Phi) is 5.21. The van der Waals surface area contributed by atoms with Crippen molar-refractivity contribution in [3.05, 3.63) is 24.8 Å². The van der Waals surface area contributed by atoms with Gasteiger partial charge in [-0.05, 0) is 55.8 Å². The molecule has 0 aromatic rings. The lowest BCUT2D eigenvalue weighted by Crippen LogP contribution is -2.37. The second kappa shape index (κ2) is 6.06. The second-order valence-corrected chi connectivity index (χ2v) is 6.62. The fourth-order valence-corrected chi connectivity index (χ4v) is 3.96. The zero-order chi connectivity index (χ0) is 13.9. The highest BCUT2D eigenvalue weighted by Crippen LogP contribution is 2.56. The van der Waals surface area contributed by atoms with Gasteiger partial charge in [0.25, 0.3) is 0 Å². The standard InChI is InChI=1S/C17H30O/c1-7-10-17(11-16(18)13(4)5)14(6)8-9-15(17)12(2)3/h7,12,14-16,18H,1,4,8-11H2,2-3,5-6H3/t14-,15-,16+,17-/m1/s1. The lowest BCUT2D eigenvalue weighted by Gasteiger charge is -2.42. The Balaban J connectivity index is 3.01. The summed E-state index contributed by atoms with van der Waals surface area (Å²) in [5, 5.41) is 10.3. The van der Waals surface area contributed by atoms with E-state index in [4.69, 9.17) is 0 Å². The summed E-state index contributed by atoms with van der Waals surface area (Å²) in [5.74, 6) is 2.03. The molecule has 0 bridgehead atoms. The lowest BCUT2D eigenvalue weighted by atomic mass is 9.63. The summed E-state index contributed by atoms with van der Waals surface area (Å²) in [5.41, 5.74) is 1.11. The van der Waals surface area contributed by atoms with E-state index in [0.717, 1.165) is 18.4 Å². The van der Waals surface area contributed by atoms with Gasteiger partial charge in [0.05, 0.1) is 6.10 Å². The maximum Gasteiger partial charge on any atom is 0.0750 e. The molecule has 1 N–H and O–H groups in total. The summed E-state index contributed by atoms with van der Waals surface area (Å²) in [6, 6.07) is 0. The van der Waals surface area contributed by atoms with E-state index in [2.05, 4.69) is 33.9 Å².